The van der Waals surface area contributed by atoms with Crippen molar-refractivity contribution in [3.8, 4) is 0 Å². The minimum atomic E-state index is -3.61. The number of sulfonamides is 1. The molecule has 0 aliphatic carbocycles. The fourth-order valence-corrected chi connectivity index (χ4v) is 5.42. The van der Waals surface area contributed by atoms with Gasteiger partial charge in [0.2, 0.25) is 15.9 Å². The third-order valence-corrected chi connectivity index (χ3v) is 7.27. The van der Waals surface area contributed by atoms with Gasteiger partial charge in [-0.1, -0.05) is 36.4 Å². The van der Waals surface area contributed by atoms with E-state index in [1.54, 1.807) is 18.2 Å². The number of aromatic nitrogens is 1. The lowest BCUT2D eigenvalue weighted by Crippen LogP contribution is -2.26. The van der Waals surface area contributed by atoms with Crippen LogP contribution in [-0.4, -0.2) is 25.4 Å². The zero-order chi connectivity index (χ0) is 21.4. The van der Waals surface area contributed by atoms with E-state index in [2.05, 4.69) is 38.9 Å². The van der Waals surface area contributed by atoms with E-state index in [1.165, 1.54) is 10.8 Å². The van der Waals surface area contributed by atoms with E-state index in [1.807, 2.05) is 24.3 Å². The Balaban J connectivity index is 1.30. The van der Waals surface area contributed by atoms with Crippen LogP contribution in [0.3, 0.4) is 0 Å². The molecule has 1 aromatic heterocycles. The number of nitrogens with zero attached hydrogens (tertiary/aromatic N) is 1. The SMILES string of the molecule is O=C1CCc2cc(S(=O)(=O)NCCCn3c4ccccc4c4ccccc43)ccc2N1. The predicted molar refractivity (Wildman–Crippen MR) is 123 cm³/mol. The molecule has 6 nitrogen and oxygen atoms in total. The Kier molecular flexibility index (Phi) is 5.00. The van der Waals surface area contributed by atoms with Crippen LogP contribution in [0.15, 0.2) is 71.6 Å². The van der Waals surface area contributed by atoms with E-state index in [0.717, 1.165) is 16.6 Å². The van der Waals surface area contributed by atoms with Crippen molar-refractivity contribution in [3.05, 3.63) is 72.3 Å². The Morgan fingerprint density at radius 2 is 1.58 bits per heavy atom. The Labute approximate surface area is 180 Å². The first kappa shape index (κ1) is 19.8. The van der Waals surface area contributed by atoms with E-state index in [-0.39, 0.29) is 10.8 Å². The van der Waals surface area contributed by atoms with Gasteiger partial charge in [0.05, 0.1) is 4.90 Å². The third kappa shape index (κ3) is 3.71. The highest BCUT2D eigenvalue weighted by Crippen LogP contribution is 2.29. The number of carbonyl (C=O) groups excluding carboxylic acids is 1. The second-order valence-electron chi connectivity index (χ2n) is 7.80. The maximum atomic E-state index is 12.8. The van der Waals surface area contributed by atoms with E-state index in [4.69, 9.17) is 0 Å². The second-order valence-corrected chi connectivity index (χ2v) is 9.57. The smallest absolute Gasteiger partial charge is 0.240 e. The first-order valence-corrected chi connectivity index (χ1v) is 11.9. The molecule has 0 atom stereocenters. The van der Waals surface area contributed by atoms with Gasteiger partial charge in [0.15, 0.2) is 0 Å². The molecule has 0 fully saturated rings. The molecule has 1 amide bonds. The van der Waals surface area contributed by atoms with Gasteiger partial charge in [0.1, 0.15) is 0 Å². The van der Waals surface area contributed by atoms with Crippen molar-refractivity contribution in [2.45, 2.75) is 30.7 Å². The molecule has 7 heteroatoms. The molecule has 0 spiro atoms. The number of benzene rings is 3. The van der Waals surface area contributed by atoms with Gasteiger partial charge in [-0.15, -0.1) is 0 Å². The van der Waals surface area contributed by atoms with Crippen LogP contribution in [0.25, 0.3) is 21.8 Å². The van der Waals surface area contributed by atoms with Gasteiger partial charge in [-0.05, 0) is 48.7 Å². The molecule has 0 saturated heterocycles. The molecule has 0 unspecified atom stereocenters. The van der Waals surface area contributed by atoms with Crippen molar-refractivity contribution in [1.29, 1.82) is 0 Å². The lowest BCUT2D eigenvalue weighted by atomic mass is 10.0. The average Bonchev–Trinajstić information content (AvgIpc) is 3.10. The summed E-state index contributed by atoms with van der Waals surface area (Å²) >= 11 is 0. The summed E-state index contributed by atoms with van der Waals surface area (Å²) in [6.45, 7) is 1.06. The molecule has 2 heterocycles. The van der Waals surface area contributed by atoms with Crippen LogP contribution in [0.4, 0.5) is 5.69 Å². The molecular weight excluding hydrogens is 410 g/mol. The van der Waals surface area contributed by atoms with Crippen LogP contribution in [0.5, 0.6) is 0 Å². The summed E-state index contributed by atoms with van der Waals surface area (Å²) in [6, 6.07) is 21.4. The van der Waals surface area contributed by atoms with Gasteiger partial charge in [-0.2, -0.15) is 0 Å². The first-order chi connectivity index (χ1) is 15.0. The van der Waals surface area contributed by atoms with E-state index in [0.29, 0.717) is 38.0 Å². The summed E-state index contributed by atoms with van der Waals surface area (Å²) in [5, 5.41) is 5.20. The van der Waals surface area contributed by atoms with Crippen molar-refractivity contribution in [2.24, 2.45) is 0 Å². The zero-order valence-electron chi connectivity index (χ0n) is 17.0. The number of para-hydroxylation sites is 2. The van der Waals surface area contributed by atoms with Gasteiger partial charge in [-0.3, -0.25) is 4.79 Å². The number of fused-ring (bicyclic) bond motifs is 4. The Bertz CT molecular complexity index is 1350. The number of nitrogens with one attached hydrogen (secondary N) is 2. The lowest BCUT2D eigenvalue weighted by Gasteiger charge is -2.17. The summed E-state index contributed by atoms with van der Waals surface area (Å²) in [4.78, 5) is 11.7. The van der Waals surface area contributed by atoms with Crippen molar-refractivity contribution < 1.29 is 13.2 Å². The molecule has 4 aromatic rings. The predicted octanol–water partition coefficient (Wildman–Crippen LogP) is 4.05. The van der Waals surface area contributed by atoms with Crippen molar-refractivity contribution in [1.82, 2.24) is 9.29 Å². The lowest BCUT2D eigenvalue weighted by molar-refractivity contribution is -0.116. The Hall–Kier alpha value is -3.16. The number of hydrogen-bond acceptors (Lipinski definition) is 3. The summed E-state index contributed by atoms with van der Waals surface area (Å²) in [6.07, 6.45) is 1.60. The topological polar surface area (TPSA) is 80.2 Å². The Morgan fingerprint density at radius 3 is 2.29 bits per heavy atom. The van der Waals surface area contributed by atoms with Crippen molar-refractivity contribution in [3.63, 3.8) is 0 Å². The fourth-order valence-electron chi connectivity index (χ4n) is 4.30. The summed E-state index contributed by atoms with van der Waals surface area (Å²) in [5.74, 6) is -0.0358. The molecule has 0 saturated carbocycles. The van der Waals surface area contributed by atoms with Crippen LogP contribution < -0.4 is 10.0 Å². The van der Waals surface area contributed by atoms with Gasteiger partial charge >= 0.3 is 0 Å². The molecular formula is C24H23N3O3S. The molecule has 2 N–H and O–H groups in total. The largest absolute Gasteiger partial charge is 0.340 e. The normalized spacial score (nSPS) is 14.0. The number of aryl methyl sites for hydroxylation is 2. The minimum Gasteiger partial charge on any atom is -0.340 e. The number of carbonyl (C=O) groups is 1. The number of hydrogen-bond donors (Lipinski definition) is 2. The maximum absolute atomic E-state index is 12.8. The third-order valence-electron chi connectivity index (χ3n) is 5.81. The van der Waals surface area contributed by atoms with Crippen molar-refractivity contribution in [2.75, 3.05) is 11.9 Å². The summed E-state index contributed by atoms with van der Waals surface area (Å²) < 4.78 is 30.5. The average molecular weight is 434 g/mol. The quantitative estimate of drug-likeness (QED) is 0.450. The molecule has 0 bridgehead atoms. The number of rotatable bonds is 6. The van der Waals surface area contributed by atoms with Gasteiger partial charge in [-0.25, -0.2) is 13.1 Å². The second kappa shape index (κ2) is 7.83. The van der Waals surface area contributed by atoms with E-state index in [9.17, 15) is 13.2 Å². The summed E-state index contributed by atoms with van der Waals surface area (Å²) in [5.41, 5.74) is 3.86. The molecule has 0 radical (unpaired) electrons. The minimum absolute atomic E-state index is 0.0358. The molecule has 5 rings (SSSR count). The fraction of sp³-hybridized carbons (Fsp3) is 0.208. The molecule has 1 aliphatic heterocycles. The number of amides is 1. The van der Waals surface area contributed by atoms with Crippen molar-refractivity contribution >= 4 is 43.4 Å². The molecule has 1 aliphatic rings. The van der Waals surface area contributed by atoms with Crippen LogP contribution in [0.1, 0.15) is 18.4 Å². The standard InChI is InChI=1S/C24H23N3O3S/c28-24-13-10-17-16-18(11-12-21(17)26-24)31(29,30)25-14-5-15-27-22-8-3-1-6-19(22)20-7-2-4-9-23(20)27/h1-4,6-9,11-12,16,25H,5,10,13-15H2,(H,26,28). The molecule has 3 aromatic carbocycles. The van der Waals surface area contributed by atoms with Crippen LogP contribution in [0, 0.1) is 0 Å². The highest BCUT2D eigenvalue weighted by Gasteiger charge is 2.19. The molecule has 31 heavy (non-hydrogen) atoms. The Morgan fingerprint density at radius 1 is 0.903 bits per heavy atom. The van der Waals surface area contributed by atoms with Gasteiger partial charge < -0.3 is 9.88 Å². The van der Waals surface area contributed by atoms with Crippen LogP contribution >= 0.6 is 0 Å². The first-order valence-electron chi connectivity index (χ1n) is 10.4. The van der Waals surface area contributed by atoms with E-state index >= 15 is 0 Å². The van der Waals surface area contributed by atoms with Gasteiger partial charge in [0, 0.05) is 47.0 Å². The summed E-state index contributed by atoms with van der Waals surface area (Å²) in [7, 11) is -3.61. The highest BCUT2D eigenvalue weighted by atomic mass is 32.2. The van der Waals surface area contributed by atoms with E-state index < -0.39 is 10.0 Å². The highest BCUT2D eigenvalue weighted by molar-refractivity contribution is 7.89. The van der Waals surface area contributed by atoms with Crippen LogP contribution in [0.2, 0.25) is 0 Å². The zero-order valence-corrected chi connectivity index (χ0v) is 17.8. The number of anilines is 1. The maximum Gasteiger partial charge on any atom is 0.240 e. The van der Waals surface area contributed by atoms with Gasteiger partial charge in [0.25, 0.3) is 0 Å². The molecule has 158 valence electrons. The van der Waals surface area contributed by atoms with Crippen LogP contribution in [-0.2, 0) is 27.8 Å². The monoisotopic (exact) mass is 433 g/mol.